The average molecular weight is 312 g/mol. The van der Waals surface area contributed by atoms with Crippen LogP contribution in [0.4, 0.5) is 0 Å². The van der Waals surface area contributed by atoms with Gasteiger partial charge in [-0.05, 0) is 31.5 Å². The van der Waals surface area contributed by atoms with Crippen molar-refractivity contribution in [2.24, 2.45) is 0 Å². The van der Waals surface area contributed by atoms with Crippen LogP contribution in [0.3, 0.4) is 0 Å². The van der Waals surface area contributed by atoms with Crippen LogP contribution in [0.15, 0.2) is 47.6 Å². The molecule has 1 unspecified atom stereocenters. The second kappa shape index (κ2) is 5.42. The minimum absolute atomic E-state index is 0.229. The maximum atomic E-state index is 12.6. The Kier molecular flexibility index (Phi) is 4.01. The van der Waals surface area contributed by atoms with Crippen LogP contribution in [-0.4, -0.2) is 8.42 Å². The summed E-state index contributed by atoms with van der Waals surface area (Å²) in [4.78, 5) is 0. The summed E-state index contributed by atoms with van der Waals surface area (Å²) in [5, 5.41) is 11.1. The van der Waals surface area contributed by atoms with E-state index in [0.29, 0.717) is 20.9 Å². The smallest absolute Gasteiger partial charge is 0.312 e. The summed E-state index contributed by atoms with van der Waals surface area (Å²) in [7, 11) is -3.81. The van der Waals surface area contributed by atoms with E-state index in [1.54, 1.807) is 37.3 Å². The molecule has 0 bridgehead atoms. The van der Waals surface area contributed by atoms with Crippen LogP contribution < -0.4 is 4.73 Å². The third-order valence-corrected chi connectivity index (χ3v) is 5.75. The van der Waals surface area contributed by atoms with Crippen molar-refractivity contribution in [1.82, 2.24) is 0 Å². The van der Waals surface area contributed by atoms with E-state index in [0.717, 1.165) is 0 Å². The molecule has 1 aromatic carbocycles. The normalized spacial score (nSPS) is 13.2. The number of aryl methyl sites for hydroxylation is 1. The molecule has 0 amide bonds. The molecule has 0 spiro atoms. The molecule has 4 nitrogen and oxygen atoms in total. The monoisotopic (exact) mass is 311 g/mol. The first kappa shape index (κ1) is 14.8. The van der Waals surface area contributed by atoms with Crippen molar-refractivity contribution in [3.63, 3.8) is 0 Å². The standard InChI is InChI=1S/C14H14ClNO3S/c1-10-6-5-9-16(17)14(10)20(18,19)11(2)12-7-3-4-8-13(12)15/h3-9,11H,1-2H3. The fraction of sp³-hybridized carbons (Fsp3) is 0.214. The molecule has 0 fully saturated rings. The lowest BCUT2D eigenvalue weighted by Crippen LogP contribution is -2.35. The van der Waals surface area contributed by atoms with Gasteiger partial charge in [0, 0.05) is 16.7 Å². The zero-order chi connectivity index (χ0) is 14.9. The molecule has 0 saturated heterocycles. The summed E-state index contributed by atoms with van der Waals surface area (Å²) >= 11 is 6.04. The molecule has 0 aliphatic rings. The van der Waals surface area contributed by atoms with Gasteiger partial charge in [0.15, 0.2) is 6.20 Å². The minimum Gasteiger partial charge on any atom is -0.618 e. The highest BCUT2D eigenvalue weighted by Gasteiger charge is 2.34. The molecule has 0 aliphatic heterocycles. The first-order chi connectivity index (χ1) is 9.35. The Morgan fingerprint density at radius 1 is 1.20 bits per heavy atom. The summed E-state index contributed by atoms with van der Waals surface area (Å²) in [5.74, 6) is 0. The molecule has 0 radical (unpaired) electrons. The molecule has 2 rings (SSSR count). The Labute approximate surface area is 123 Å². The number of nitrogens with zero attached hydrogens (tertiary/aromatic N) is 1. The molecule has 1 aromatic heterocycles. The van der Waals surface area contributed by atoms with E-state index in [4.69, 9.17) is 11.6 Å². The first-order valence-corrected chi connectivity index (χ1v) is 7.95. The van der Waals surface area contributed by atoms with Crippen molar-refractivity contribution in [3.8, 4) is 0 Å². The maximum absolute atomic E-state index is 12.6. The van der Waals surface area contributed by atoms with Gasteiger partial charge < -0.3 is 5.21 Å². The molecular weight excluding hydrogens is 298 g/mol. The molecule has 106 valence electrons. The predicted octanol–water partition coefficient (Wildman–Crippen LogP) is 2.82. The number of rotatable bonds is 3. The Balaban J connectivity index is 2.59. The number of aromatic nitrogens is 1. The molecule has 0 N–H and O–H groups in total. The van der Waals surface area contributed by atoms with E-state index in [9.17, 15) is 13.6 Å². The van der Waals surface area contributed by atoms with Gasteiger partial charge in [0.2, 0.25) is 9.84 Å². The highest BCUT2D eigenvalue weighted by molar-refractivity contribution is 7.91. The lowest BCUT2D eigenvalue weighted by atomic mass is 10.2. The van der Waals surface area contributed by atoms with Gasteiger partial charge in [0.05, 0.1) is 5.25 Å². The summed E-state index contributed by atoms with van der Waals surface area (Å²) in [6.07, 6.45) is 1.18. The molecule has 2 aromatic rings. The minimum atomic E-state index is -3.81. The van der Waals surface area contributed by atoms with Gasteiger partial charge in [-0.3, -0.25) is 0 Å². The van der Waals surface area contributed by atoms with Crippen molar-refractivity contribution in [2.75, 3.05) is 0 Å². The van der Waals surface area contributed by atoms with Crippen LogP contribution in [-0.2, 0) is 9.84 Å². The molecule has 0 saturated carbocycles. The third-order valence-electron chi connectivity index (χ3n) is 3.18. The lowest BCUT2D eigenvalue weighted by molar-refractivity contribution is -0.647. The number of halogens is 1. The van der Waals surface area contributed by atoms with Gasteiger partial charge in [0.25, 0.3) is 0 Å². The highest BCUT2D eigenvalue weighted by Crippen LogP contribution is 2.32. The van der Waals surface area contributed by atoms with Crippen LogP contribution >= 0.6 is 11.6 Å². The van der Waals surface area contributed by atoms with Crippen LogP contribution in [0.2, 0.25) is 5.02 Å². The zero-order valence-electron chi connectivity index (χ0n) is 11.1. The fourth-order valence-electron chi connectivity index (χ4n) is 2.07. The molecule has 1 heterocycles. The summed E-state index contributed by atoms with van der Waals surface area (Å²) in [6, 6.07) is 9.84. The van der Waals surface area contributed by atoms with Crippen molar-refractivity contribution < 1.29 is 13.1 Å². The van der Waals surface area contributed by atoms with Gasteiger partial charge in [0.1, 0.15) is 0 Å². The van der Waals surface area contributed by atoms with Crippen LogP contribution in [0.5, 0.6) is 0 Å². The second-order valence-electron chi connectivity index (χ2n) is 4.53. The quantitative estimate of drug-likeness (QED) is 0.647. The van der Waals surface area contributed by atoms with Gasteiger partial charge in [-0.1, -0.05) is 29.8 Å². The largest absolute Gasteiger partial charge is 0.618 e. The van der Waals surface area contributed by atoms with Crippen molar-refractivity contribution in [3.05, 3.63) is 64.0 Å². The molecular formula is C14H14ClNO3S. The highest BCUT2D eigenvalue weighted by atomic mass is 35.5. The Hall–Kier alpha value is -1.59. The van der Waals surface area contributed by atoms with E-state index in [2.05, 4.69) is 0 Å². The SMILES string of the molecule is Cc1ccc[n+]([O-])c1S(=O)(=O)C(C)c1ccccc1Cl. The van der Waals surface area contributed by atoms with Crippen LogP contribution in [0.25, 0.3) is 0 Å². The Morgan fingerprint density at radius 2 is 1.85 bits per heavy atom. The van der Waals surface area contributed by atoms with E-state index >= 15 is 0 Å². The zero-order valence-corrected chi connectivity index (χ0v) is 12.6. The van der Waals surface area contributed by atoms with Crippen molar-refractivity contribution in [2.45, 2.75) is 24.1 Å². The fourth-order valence-corrected chi connectivity index (χ4v) is 4.13. The molecule has 1 atom stereocenters. The van der Waals surface area contributed by atoms with Crippen molar-refractivity contribution >= 4 is 21.4 Å². The molecule has 20 heavy (non-hydrogen) atoms. The van der Waals surface area contributed by atoms with Crippen molar-refractivity contribution in [1.29, 1.82) is 0 Å². The lowest BCUT2D eigenvalue weighted by Gasteiger charge is -2.15. The number of hydrogen-bond donors (Lipinski definition) is 0. The van der Waals surface area contributed by atoms with E-state index in [1.807, 2.05) is 0 Å². The first-order valence-electron chi connectivity index (χ1n) is 6.03. The average Bonchev–Trinajstić information content (AvgIpc) is 2.38. The third kappa shape index (κ3) is 2.51. The predicted molar refractivity (Wildman–Crippen MR) is 77.2 cm³/mol. The summed E-state index contributed by atoms with van der Waals surface area (Å²) in [5.41, 5.74) is 0.902. The number of hydrogen-bond acceptors (Lipinski definition) is 3. The Bertz CT molecular complexity index is 724. The van der Waals surface area contributed by atoms with Gasteiger partial charge in [-0.15, -0.1) is 0 Å². The van der Waals surface area contributed by atoms with Gasteiger partial charge in [-0.2, -0.15) is 4.73 Å². The summed E-state index contributed by atoms with van der Waals surface area (Å²) < 4.78 is 25.7. The second-order valence-corrected chi connectivity index (χ2v) is 7.12. The van der Waals surface area contributed by atoms with E-state index in [-0.39, 0.29) is 5.03 Å². The molecule has 6 heteroatoms. The summed E-state index contributed by atoms with van der Waals surface area (Å²) in [6.45, 7) is 3.13. The number of benzene rings is 1. The van der Waals surface area contributed by atoms with Crippen LogP contribution in [0, 0.1) is 12.1 Å². The number of pyridine rings is 1. The van der Waals surface area contributed by atoms with E-state index < -0.39 is 15.1 Å². The van der Waals surface area contributed by atoms with E-state index in [1.165, 1.54) is 19.2 Å². The van der Waals surface area contributed by atoms with Gasteiger partial charge >= 0.3 is 5.03 Å². The molecule has 0 aliphatic carbocycles. The van der Waals surface area contributed by atoms with Gasteiger partial charge in [-0.25, -0.2) is 8.42 Å². The number of sulfone groups is 1. The topological polar surface area (TPSA) is 61.1 Å². The van der Waals surface area contributed by atoms with Crippen LogP contribution in [0.1, 0.15) is 23.3 Å². The maximum Gasteiger partial charge on any atom is 0.312 e. The Morgan fingerprint density at radius 3 is 2.45 bits per heavy atom.